The minimum Gasteiger partial charge on any atom is -0.324 e. The zero-order valence-corrected chi connectivity index (χ0v) is 32.1. The van der Waals surface area contributed by atoms with Gasteiger partial charge in [-0.25, -0.2) is 9.98 Å². The van der Waals surface area contributed by atoms with Crippen molar-refractivity contribution in [3.63, 3.8) is 0 Å². The van der Waals surface area contributed by atoms with Crippen LogP contribution in [0.3, 0.4) is 0 Å². The Morgan fingerprint density at radius 2 is 1.09 bits per heavy atom. The quantitative estimate of drug-likeness (QED) is 0.187. The molecule has 11 aromatic rings. The Morgan fingerprint density at radius 1 is 0.431 bits per heavy atom. The maximum absolute atomic E-state index is 5.28. The minimum atomic E-state index is -0.398. The largest absolute Gasteiger partial charge is 0.324 e. The zero-order chi connectivity index (χ0) is 38.2. The molecule has 1 N–H and O–H groups in total. The Bertz CT molecular complexity index is 3460. The molecule has 1 atom stereocenters. The molecule has 0 bridgehead atoms. The summed E-state index contributed by atoms with van der Waals surface area (Å²) in [6.45, 7) is 0. The molecule has 0 saturated carbocycles. The van der Waals surface area contributed by atoms with E-state index in [1.807, 2.05) is 17.4 Å². The first-order chi connectivity index (χ1) is 28.7. The van der Waals surface area contributed by atoms with Gasteiger partial charge < -0.3 is 9.88 Å². The topological polar surface area (TPSA) is 41.7 Å². The number of rotatable bonds is 5. The van der Waals surface area contributed by atoms with Crippen molar-refractivity contribution in [3.05, 3.63) is 211 Å². The van der Waals surface area contributed by atoms with E-state index in [2.05, 4.69) is 198 Å². The molecule has 3 heterocycles. The van der Waals surface area contributed by atoms with Gasteiger partial charge in [0.15, 0.2) is 6.17 Å². The molecule has 1 aliphatic heterocycles. The monoisotopic (exact) mass is 758 g/mol. The van der Waals surface area contributed by atoms with E-state index in [-0.39, 0.29) is 0 Å². The minimum absolute atomic E-state index is 0.398. The Labute approximate surface area is 338 Å². The summed E-state index contributed by atoms with van der Waals surface area (Å²) in [5.41, 5.74) is 9.02. The first-order valence-electron chi connectivity index (χ1n) is 19.7. The molecule has 5 heteroatoms. The third-order valence-electron chi connectivity index (χ3n) is 11.6. The van der Waals surface area contributed by atoms with Crippen LogP contribution in [0.1, 0.15) is 22.9 Å². The molecule has 1 aliphatic rings. The van der Waals surface area contributed by atoms with Crippen LogP contribution < -0.4 is 5.32 Å². The van der Waals surface area contributed by atoms with Crippen molar-refractivity contribution in [1.29, 1.82) is 0 Å². The van der Waals surface area contributed by atoms with Crippen LogP contribution in [0.25, 0.3) is 80.3 Å². The van der Waals surface area contributed by atoms with Crippen LogP contribution in [0.2, 0.25) is 0 Å². The fraction of sp³-hybridized carbons (Fsp3) is 0.0189. The second-order valence-electron chi connectivity index (χ2n) is 15.0. The summed E-state index contributed by atoms with van der Waals surface area (Å²) < 4.78 is 4.94. The molecular formula is C53H34N4S. The van der Waals surface area contributed by atoms with Crippen LogP contribution in [0, 0.1) is 0 Å². The number of nitrogens with zero attached hydrogens (tertiary/aromatic N) is 3. The molecular weight excluding hydrogens is 725 g/mol. The summed E-state index contributed by atoms with van der Waals surface area (Å²) in [5.74, 6) is 1.65. The molecule has 9 aromatic carbocycles. The van der Waals surface area contributed by atoms with Gasteiger partial charge in [-0.1, -0.05) is 152 Å². The lowest BCUT2D eigenvalue weighted by atomic mass is 10.0. The Hall–Kier alpha value is -7.34. The van der Waals surface area contributed by atoms with Crippen LogP contribution in [0.15, 0.2) is 204 Å². The van der Waals surface area contributed by atoms with Gasteiger partial charge in [-0.05, 0) is 80.7 Å². The van der Waals surface area contributed by atoms with Crippen molar-refractivity contribution in [1.82, 2.24) is 9.88 Å². The lowest BCUT2D eigenvalue weighted by Crippen LogP contribution is -2.36. The van der Waals surface area contributed by atoms with E-state index in [1.165, 1.54) is 63.5 Å². The second kappa shape index (κ2) is 13.1. The predicted octanol–water partition coefficient (Wildman–Crippen LogP) is 13.6. The molecule has 1 unspecified atom stereocenters. The molecule has 0 spiro atoms. The summed E-state index contributed by atoms with van der Waals surface area (Å²) in [4.78, 5) is 10.5. The molecule has 2 aromatic heterocycles. The number of aliphatic imine (C=N–C) groups is 2. The number of nitrogens with one attached hydrogen (secondary N) is 1. The molecule has 0 saturated heterocycles. The highest BCUT2D eigenvalue weighted by atomic mass is 32.1. The number of hydrogen-bond acceptors (Lipinski definition) is 4. The maximum Gasteiger partial charge on any atom is 0.169 e. The summed E-state index contributed by atoms with van der Waals surface area (Å²) in [7, 11) is 0. The zero-order valence-electron chi connectivity index (χ0n) is 31.3. The van der Waals surface area contributed by atoms with Crippen molar-refractivity contribution in [2.24, 2.45) is 9.98 Å². The highest BCUT2D eigenvalue weighted by molar-refractivity contribution is 7.25. The molecule has 0 amide bonds. The summed E-state index contributed by atoms with van der Waals surface area (Å²) in [5, 5.41) is 13.7. The third-order valence-corrected chi connectivity index (χ3v) is 12.8. The van der Waals surface area contributed by atoms with Crippen molar-refractivity contribution < 1.29 is 0 Å². The van der Waals surface area contributed by atoms with Gasteiger partial charge in [0.05, 0.1) is 11.0 Å². The van der Waals surface area contributed by atoms with E-state index in [4.69, 9.17) is 9.98 Å². The molecule has 12 rings (SSSR count). The summed E-state index contributed by atoms with van der Waals surface area (Å²) in [6, 6.07) is 69.8. The summed E-state index contributed by atoms with van der Waals surface area (Å²) in [6.07, 6.45) is -0.398. The maximum atomic E-state index is 5.28. The van der Waals surface area contributed by atoms with Gasteiger partial charge in [-0.2, -0.15) is 0 Å². The number of hydrogen-bond donors (Lipinski definition) is 1. The van der Waals surface area contributed by atoms with Crippen LogP contribution in [-0.4, -0.2) is 16.2 Å². The molecule has 0 aliphatic carbocycles. The third kappa shape index (κ3) is 5.28. The Kier molecular flexibility index (Phi) is 7.43. The molecule has 0 radical (unpaired) electrons. The second-order valence-corrected chi connectivity index (χ2v) is 16.1. The van der Waals surface area contributed by atoms with Gasteiger partial charge in [0.25, 0.3) is 0 Å². The van der Waals surface area contributed by atoms with E-state index < -0.39 is 6.17 Å². The van der Waals surface area contributed by atoms with Crippen molar-refractivity contribution in [2.75, 3.05) is 0 Å². The van der Waals surface area contributed by atoms with Gasteiger partial charge in [-0.15, -0.1) is 11.3 Å². The average Bonchev–Trinajstić information content (AvgIpc) is 3.84. The Morgan fingerprint density at radius 3 is 1.90 bits per heavy atom. The van der Waals surface area contributed by atoms with Crippen LogP contribution >= 0.6 is 11.3 Å². The van der Waals surface area contributed by atoms with Crippen molar-refractivity contribution in [2.45, 2.75) is 6.17 Å². The molecule has 0 fully saturated rings. The highest BCUT2D eigenvalue weighted by Gasteiger charge is 2.23. The Balaban J connectivity index is 0.926. The normalized spacial score (nSPS) is 14.4. The number of fused-ring (bicyclic) bond motifs is 9. The van der Waals surface area contributed by atoms with Crippen LogP contribution in [0.4, 0.5) is 0 Å². The van der Waals surface area contributed by atoms with Gasteiger partial charge in [0.2, 0.25) is 0 Å². The molecule has 272 valence electrons. The lowest BCUT2D eigenvalue weighted by Gasteiger charge is -2.23. The van der Waals surface area contributed by atoms with E-state index in [1.54, 1.807) is 0 Å². The number of aromatic nitrogens is 1. The van der Waals surface area contributed by atoms with Crippen molar-refractivity contribution >= 4 is 86.5 Å². The van der Waals surface area contributed by atoms with Gasteiger partial charge in [0, 0.05) is 47.8 Å². The standard InChI is InChI=1S/C53H34N4S/c1-2-12-36(13-3-1)51-54-52(56-53(55-51)43-18-10-20-48-50(43)42-17-8-9-19-47(42)58-48)37-23-21-33(22-24-37)34-25-28-40(29-26-34)57-45-30-27-35-11-6-7-16-41(35)49(45)44-31-38-14-4-5-15-39(38)32-46(44)57/h1-32,52H,(H,54,55,56). The number of thiophene rings is 1. The van der Waals surface area contributed by atoms with Crippen molar-refractivity contribution in [3.8, 4) is 16.8 Å². The SMILES string of the molecule is c1ccc(C2=NC(c3ccc(-c4ccc(-n5c6cc7ccccc7cc6c6c7ccccc7ccc65)cc4)cc3)N=C(c3cccc4sc5ccccc5c34)N2)cc1. The molecule has 4 nitrogen and oxygen atoms in total. The van der Waals surface area contributed by atoms with Gasteiger partial charge in [0.1, 0.15) is 11.7 Å². The number of benzene rings is 9. The van der Waals surface area contributed by atoms with E-state index in [0.717, 1.165) is 45.2 Å². The summed E-state index contributed by atoms with van der Waals surface area (Å²) >= 11 is 1.82. The number of amidine groups is 2. The average molecular weight is 759 g/mol. The van der Waals surface area contributed by atoms with E-state index >= 15 is 0 Å². The van der Waals surface area contributed by atoms with E-state index in [9.17, 15) is 0 Å². The first kappa shape index (κ1) is 32.9. The van der Waals surface area contributed by atoms with E-state index in [0.29, 0.717) is 0 Å². The fourth-order valence-corrected chi connectivity index (χ4v) is 9.98. The predicted molar refractivity (Wildman–Crippen MR) is 246 cm³/mol. The lowest BCUT2D eigenvalue weighted by molar-refractivity contribution is 0.756. The molecule has 58 heavy (non-hydrogen) atoms. The van der Waals surface area contributed by atoms with Crippen LogP contribution in [-0.2, 0) is 0 Å². The first-order valence-corrected chi connectivity index (χ1v) is 20.5. The van der Waals surface area contributed by atoms with Crippen LogP contribution in [0.5, 0.6) is 0 Å². The fourth-order valence-electron chi connectivity index (χ4n) is 8.85. The van der Waals surface area contributed by atoms with Gasteiger partial charge in [-0.3, -0.25) is 0 Å². The van der Waals surface area contributed by atoms with Gasteiger partial charge >= 0.3 is 0 Å². The highest BCUT2D eigenvalue weighted by Crippen LogP contribution is 2.40. The smallest absolute Gasteiger partial charge is 0.169 e.